The number of thioether (sulfide) groups is 1. The Hall–Kier alpha value is -1.81. The Labute approximate surface area is 183 Å². The van der Waals surface area contributed by atoms with Crippen molar-refractivity contribution in [2.75, 3.05) is 27.2 Å². The largest absolute Gasteiger partial charge is 0.444 e. The standard InChI is InChI=1S/C20H35N5O4S/c1-8-9-15(23(6)7)16(27)21-17-22-25(14(2)26)20(30-17)10-12-24(13-11-20)18(28)29-19(3,4)5/h15H,8-13H2,1-7H3,(H,21,22,27). The molecule has 2 heterocycles. The first-order valence-corrected chi connectivity index (χ1v) is 11.2. The lowest BCUT2D eigenvalue weighted by atomic mass is 10.0. The molecule has 10 heteroatoms. The van der Waals surface area contributed by atoms with Gasteiger partial charge in [-0.15, -0.1) is 5.10 Å². The molecular formula is C20H35N5O4S. The summed E-state index contributed by atoms with van der Waals surface area (Å²) in [5, 5.41) is 9.21. The third-order valence-corrected chi connectivity index (χ3v) is 6.41. The second kappa shape index (κ2) is 9.55. The van der Waals surface area contributed by atoms with E-state index in [1.54, 1.807) is 4.90 Å². The maximum Gasteiger partial charge on any atom is 0.410 e. The van der Waals surface area contributed by atoms with Crippen molar-refractivity contribution in [3.05, 3.63) is 0 Å². The molecule has 1 N–H and O–H groups in total. The van der Waals surface area contributed by atoms with Gasteiger partial charge >= 0.3 is 6.09 Å². The monoisotopic (exact) mass is 441 g/mol. The number of ether oxygens (including phenoxy) is 1. The van der Waals surface area contributed by atoms with Crippen LogP contribution < -0.4 is 5.32 Å². The third-order valence-electron chi connectivity index (χ3n) is 5.08. The van der Waals surface area contributed by atoms with Gasteiger partial charge in [-0.3, -0.25) is 14.5 Å². The highest BCUT2D eigenvalue weighted by Crippen LogP contribution is 2.44. The van der Waals surface area contributed by atoms with Crippen LogP contribution in [0.4, 0.5) is 4.79 Å². The number of carbonyl (C=O) groups excluding carboxylic acids is 3. The van der Waals surface area contributed by atoms with Crippen molar-refractivity contribution < 1.29 is 19.1 Å². The van der Waals surface area contributed by atoms with Crippen LogP contribution in [0.3, 0.4) is 0 Å². The van der Waals surface area contributed by atoms with Crippen LogP contribution in [0, 0.1) is 0 Å². The zero-order valence-electron chi connectivity index (χ0n) is 19.2. The van der Waals surface area contributed by atoms with Gasteiger partial charge in [0.25, 0.3) is 0 Å². The molecule has 0 aromatic rings. The normalized spacial score (nSPS) is 19.7. The summed E-state index contributed by atoms with van der Waals surface area (Å²) in [6.45, 7) is 9.93. The molecule has 0 aromatic heterocycles. The van der Waals surface area contributed by atoms with E-state index >= 15 is 0 Å². The van der Waals surface area contributed by atoms with Crippen molar-refractivity contribution in [1.29, 1.82) is 0 Å². The van der Waals surface area contributed by atoms with Gasteiger partial charge in [-0.2, -0.15) is 0 Å². The van der Waals surface area contributed by atoms with Crippen molar-refractivity contribution in [2.45, 2.75) is 76.8 Å². The number of amides is 3. The maximum absolute atomic E-state index is 12.7. The van der Waals surface area contributed by atoms with E-state index in [2.05, 4.69) is 10.4 Å². The Kier molecular flexibility index (Phi) is 7.79. The molecule has 0 radical (unpaired) electrons. The van der Waals surface area contributed by atoms with Crippen molar-refractivity contribution in [3.8, 4) is 0 Å². The molecule has 1 unspecified atom stereocenters. The van der Waals surface area contributed by atoms with E-state index in [9.17, 15) is 14.4 Å². The van der Waals surface area contributed by atoms with E-state index < -0.39 is 10.5 Å². The van der Waals surface area contributed by atoms with Gasteiger partial charge in [0.05, 0.1) is 6.04 Å². The lowest BCUT2D eigenvalue weighted by Gasteiger charge is -2.41. The SMILES string of the molecule is CCCC(C(=O)NC1=NN(C(C)=O)C2(CCN(C(=O)OC(C)(C)C)CC2)S1)N(C)C. The molecule has 0 bridgehead atoms. The quantitative estimate of drug-likeness (QED) is 0.720. The minimum atomic E-state index is -0.592. The summed E-state index contributed by atoms with van der Waals surface area (Å²) < 4.78 is 5.46. The van der Waals surface area contributed by atoms with Crippen LogP contribution in [0.25, 0.3) is 0 Å². The number of hydrogen-bond donors (Lipinski definition) is 1. The van der Waals surface area contributed by atoms with E-state index in [0.717, 1.165) is 12.8 Å². The van der Waals surface area contributed by atoms with Crippen LogP contribution in [0.1, 0.15) is 60.3 Å². The van der Waals surface area contributed by atoms with Crippen molar-refractivity contribution in [1.82, 2.24) is 20.1 Å². The van der Waals surface area contributed by atoms with Crippen LogP contribution in [0.5, 0.6) is 0 Å². The number of nitrogens with one attached hydrogen (secondary N) is 1. The van der Waals surface area contributed by atoms with Gasteiger partial charge < -0.3 is 15.0 Å². The molecule has 1 saturated heterocycles. The zero-order valence-corrected chi connectivity index (χ0v) is 20.0. The third kappa shape index (κ3) is 5.87. The lowest BCUT2D eigenvalue weighted by molar-refractivity contribution is -0.133. The first-order valence-electron chi connectivity index (χ1n) is 10.4. The number of nitrogens with zero attached hydrogens (tertiary/aromatic N) is 4. The molecular weight excluding hydrogens is 406 g/mol. The second-order valence-corrected chi connectivity index (χ2v) is 10.4. The molecule has 2 rings (SSSR count). The van der Waals surface area contributed by atoms with Crippen LogP contribution >= 0.6 is 11.8 Å². The summed E-state index contributed by atoms with van der Waals surface area (Å²) in [5.41, 5.74) is -0.554. The highest BCUT2D eigenvalue weighted by molar-refractivity contribution is 8.15. The number of carbonyl (C=O) groups is 3. The summed E-state index contributed by atoms with van der Waals surface area (Å²) in [6, 6.07) is -0.255. The molecule has 1 fully saturated rings. The average molecular weight is 442 g/mol. The molecule has 0 aliphatic carbocycles. The highest BCUT2D eigenvalue weighted by Gasteiger charge is 2.49. The zero-order chi connectivity index (χ0) is 22.7. The number of amidine groups is 1. The second-order valence-electron chi connectivity index (χ2n) is 9.01. The van der Waals surface area contributed by atoms with Gasteiger partial charge in [0.2, 0.25) is 11.8 Å². The Morgan fingerprint density at radius 3 is 2.33 bits per heavy atom. The lowest BCUT2D eigenvalue weighted by Crippen LogP contribution is -2.53. The molecule has 1 atom stereocenters. The Morgan fingerprint density at radius 1 is 1.27 bits per heavy atom. The maximum atomic E-state index is 12.7. The van der Waals surface area contributed by atoms with Crippen molar-refractivity contribution in [3.63, 3.8) is 0 Å². The van der Waals surface area contributed by atoms with Gasteiger partial charge in [-0.25, -0.2) is 9.80 Å². The molecule has 0 saturated carbocycles. The molecule has 1 spiro atoms. The van der Waals surface area contributed by atoms with E-state index in [0.29, 0.717) is 31.1 Å². The predicted octanol–water partition coefficient (Wildman–Crippen LogP) is 2.43. The minimum absolute atomic E-state index is 0.125. The van der Waals surface area contributed by atoms with Crippen LogP contribution in [-0.4, -0.2) is 81.6 Å². The fourth-order valence-corrected chi connectivity index (χ4v) is 4.87. The van der Waals surface area contributed by atoms with Gasteiger partial charge in [0.15, 0.2) is 5.17 Å². The van der Waals surface area contributed by atoms with Gasteiger partial charge in [0.1, 0.15) is 10.5 Å². The summed E-state index contributed by atoms with van der Waals surface area (Å²) >= 11 is 1.40. The van der Waals surface area contributed by atoms with Crippen LogP contribution in [0.2, 0.25) is 0 Å². The Bertz CT molecular complexity index is 696. The van der Waals surface area contributed by atoms with Crippen LogP contribution in [-0.2, 0) is 14.3 Å². The molecule has 170 valence electrons. The Balaban J connectivity index is 2.06. The average Bonchev–Trinajstić information content (AvgIpc) is 2.96. The fourth-order valence-electron chi connectivity index (χ4n) is 3.60. The first-order chi connectivity index (χ1) is 13.9. The minimum Gasteiger partial charge on any atom is -0.444 e. The molecule has 3 amide bonds. The van der Waals surface area contributed by atoms with E-state index in [4.69, 9.17) is 4.74 Å². The number of piperidine rings is 1. The smallest absolute Gasteiger partial charge is 0.410 e. The number of likely N-dealkylation sites (tertiary alicyclic amines) is 1. The van der Waals surface area contributed by atoms with E-state index in [1.807, 2.05) is 46.7 Å². The predicted molar refractivity (Wildman–Crippen MR) is 118 cm³/mol. The van der Waals surface area contributed by atoms with Gasteiger partial charge in [-0.1, -0.05) is 25.1 Å². The molecule has 2 aliphatic rings. The van der Waals surface area contributed by atoms with Crippen molar-refractivity contribution >= 4 is 34.8 Å². The van der Waals surface area contributed by atoms with E-state index in [1.165, 1.54) is 23.7 Å². The highest BCUT2D eigenvalue weighted by atomic mass is 32.2. The summed E-state index contributed by atoms with van der Waals surface area (Å²) in [4.78, 5) is 40.3. The summed E-state index contributed by atoms with van der Waals surface area (Å²) in [7, 11) is 3.75. The number of likely N-dealkylation sites (N-methyl/N-ethyl adjacent to an activating group) is 1. The first kappa shape index (κ1) is 24.5. The number of hydrazone groups is 1. The number of rotatable bonds is 4. The van der Waals surface area contributed by atoms with Crippen molar-refractivity contribution in [2.24, 2.45) is 5.10 Å². The van der Waals surface area contributed by atoms with Gasteiger partial charge in [0, 0.05) is 32.9 Å². The molecule has 30 heavy (non-hydrogen) atoms. The fraction of sp³-hybridized carbons (Fsp3) is 0.800. The topological polar surface area (TPSA) is 94.6 Å². The Morgan fingerprint density at radius 2 is 1.87 bits per heavy atom. The van der Waals surface area contributed by atoms with Gasteiger partial charge in [-0.05, 0) is 41.3 Å². The summed E-state index contributed by atoms with van der Waals surface area (Å²) in [6.07, 6.45) is 2.37. The summed E-state index contributed by atoms with van der Waals surface area (Å²) in [5.74, 6) is -0.310. The number of hydrogen-bond acceptors (Lipinski definition) is 7. The van der Waals surface area contributed by atoms with E-state index in [-0.39, 0.29) is 23.9 Å². The molecule has 2 aliphatic heterocycles. The molecule has 9 nitrogen and oxygen atoms in total. The molecule has 0 aromatic carbocycles. The van der Waals surface area contributed by atoms with Crippen LogP contribution in [0.15, 0.2) is 5.10 Å².